The van der Waals surface area contributed by atoms with Gasteiger partial charge in [0.15, 0.2) is 11.5 Å². The predicted octanol–water partition coefficient (Wildman–Crippen LogP) is 2.67. The minimum Gasteiger partial charge on any atom is -0.508 e. The number of ether oxygens (including phenoxy) is 2. The SMILES string of the molecule is O=C1C(=O)C(c2ccc(O)cc2)=C2OCOC2=C1c1ccccc1. The molecule has 5 nitrogen and oxygen atoms in total. The Bertz CT molecular complexity index is 905. The van der Waals surface area contributed by atoms with E-state index in [0.29, 0.717) is 11.1 Å². The van der Waals surface area contributed by atoms with Gasteiger partial charge in [-0.15, -0.1) is 0 Å². The lowest BCUT2D eigenvalue weighted by molar-refractivity contribution is -0.130. The van der Waals surface area contributed by atoms with Crippen LogP contribution in [0.2, 0.25) is 0 Å². The molecule has 2 aromatic carbocycles. The van der Waals surface area contributed by atoms with Crippen molar-refractivity contribution in [2.75, 3.05) is 6.79 Å². The summed E-state index contributed by atoms with van der Waals surface area (Å²) >= 11 is 0. The first kappa shape index (κ1) is 14.3. The third kappa shape index (κ3) is 2.10. The van der Waals surface area contributed by atoms with Gasteiger partial charge in [-0.3, -0.25) is 9.59 Å². The molecule has 5 heteroatoms. The highest BCUT2D eigenvalue weighted by Crippen LogP contribution is 2.40. The van der Waals surface area contributed by atoms with Crippen molar-refractivity contribution in [3.8, 4) is 5.75 Å². The van der Waals surface area contributed by atoms with Crippen molar-refractivity contribution in [3.63, 3.8) is 0 Å². The molecule has 118 valence electrons. The molecule has 1 N–H and O–H groups in total. The normalized spacial score (nSPS) is 16.8. The highest BCUT2D eigenvalue weighted by atomic mass is 16.7. The molecule has 0 amide bonds. The first-order valence-corrected chi connectivity index (χ1v) is 7.35. The van der Waals surface area contributed by atoms with Gasteiger partial charge in [0, 0.05) is 0 Å². The van der Waals surface area contributed by atoms with Crippen molar-refractivity contribution < 1.29 is 24.2 Å². The zero-order valence-corrected chi connectivity index (χ0v) is 12.5. The maximum absolute atomic E-state index is 12.7. The number of aromatic hydroxyl groups is 1. The fraction of sp³-hybridized carbons (Fsp3) is 0.0526. The van der Waals surface area contributed by atoms with Gasteiger partial charge in [-0.25, -0.2) is 0 Å². The summed E-state index contributed by atoms with van der Waals surface area (Å²) in [5.74, 6) is -0.654. The fourth-order valence-corrected chi connectivity index (χ4v) is 2.84. The molecule has 2 aliphatic rings. The minimum absolute atomic E-state index is 0.0524. The number of phenols is 1. The molecule has 2 aromatic rings. The van der Waals surface area contributed by atoms with Crippen molar-refractivity contribution in [2.45, 2.75) is 0 Å². The average Bonchev–Trinajstić information content (AvgIpc) is 3.07. The molecule has 1 aliphatic carbocycles. The van der Waals surface area contributed by atoms with Crippen LogP contribution in [0.15, 0.2) is 66.1 Å². The molecule has 0 aromatic heterocycles. The van der Waals surface area contributed by atoms with Gasteiger partial charge in [0.1, 0.15) is 5.75 Å². The number of hydrogen-bond acceptors (Lipinski definition) is 5. The first-order chi connectivity index (χ1) is 11.7. The Morgan fingerprint density at radius 3 is 1.75 bits per heavy atom. The standard InChI is InChI=1S/C19H12O5/c20-13-8-6-12(7-9-13)15-17(22)16(21)14(11-4-2-1-3-5-11)18-19(15)24-10-23-18/h1-9,20H,10H2. The van der Waals surface area contributed by atoms with Gasteiger partial charge < -0.3 is 14.6 Å². The summed E-state index contributed by atoms with van der Waals surface area (Å²) in [7, 11) is 0. The second kappa shape index (κ2) is 5.38. The number of ketones is 2. The van der Waals surface area contributed by atoms with Crippen LogP contribution in [0.4, 0.5) is 0 Å². The number of carbonyl (C=O) groups excluding carboxylic acids is 2. The number of hydrogen-bond donors (Lipinski definition) is 1. The number of phenolic OH excluding ortho intramolecular Hbond substituents is 1. The molecule has 0 spiro atoms. The minimum atomic E-state index is -0.649. The van der Waals surface area contributed by atoms with Crippen molar-refractivity contribution in [1.82, 2.24) is 0 Å². The second-order valence-electron chi connectivity index (χ2n) is 5.39. The maximum atomic E-state index is 12.7. The lowest BCUT2D eigenvalue weighted by Gasteiger charge is -2.17. The van der Waals surface area contributed by atoms with E-state index >= 15 is 0 Å². The second-order valence-corrected chi connectivity index (χ2v) is 5.39. The molecular formula is C19H12O5. The van der Waals surface area contributed by atoms with Gasteiger partial charge in [0.25, 0.3) is 0 Å². The van der Waals surface area contributed by atoms with E-state index in [0.717, 1.165) is 0 Å². The number of benzene rings is 2. The van der Waals surface area contributed by atoms with Crippen LogP contribution in [0.5, 0.6) is 5.75 Å². The highest BCUT2D eigenvalue weighted by Gasteiger charge is 2.41. The summed E-state index contributed by atoms with van der Waals surface area (Å²) in [6.07, 6.45) is 0. The van der Waals surface area contributed by atoms with Crippen molar-refractivity contribution in [1.29, 1.82) is 0 Å². The zero-order valence-electron chi connectivity index (χ0n) is 12.5. The lowest BCUT2D eigenvalue weighted by atomic mass is 9.86. The smallest absolute Gasteiger partial charge is 0.238 e. The summed E-state index contributed by atoms with van der Waals surface area (Å²) < 4.78 is 11.0. The lowest BCUT2D eigenvalue weighted by Crippen LogP contribution is -2.24. The Hall–Kier alpha value is -3.34. The van der Waals surface area contributed by atoms with E-state index in [1.807, 2.05) is 6.07 Å². The van der Waals surface area contributed by atoms with Crippen LogP contribution in [0.25, 0.3) is 11.1 Å². The van der Waals surface area contributed by atoms with Gasteiger partial charge in [-0.05, 0) is 23.3 Å². The van der Waals surface area contributed by atoms with Crippen LogP contribution in [-0.4, -0.2) is 23.5 Å². The average molecular weight is 320 g/mol. The maximum Gasteiger partial charge on any atom is 0.238 e. The van der Waals surface area contributed by atoms with Crippen LogP contribution in [-0.2, 0) is 19.1 Å². The first-order valence-electron chi connectivity index (χ1n) is 7.35. The van der Waals surface area contributed by atoms with Crippen molar-refractivity contribution in [2.24, 2.45) is 0 Å². The van der Waals surface area contributed by atoms with Crippen molar-refractivity contribution >= 4 is 22.7 Å². The zero-order chi connectivity index (χ0) is 16.7. The Balaban J connectivity index is 1.95. The third-order valence-corrected chi connectivity index (χ3v) is 3.95. The summed E-state index contributed by atoms with van der Waals surface area (Å²) in [6, 6.07) is 14.9. The van der Waals surface area contributed by atoms with Crippen LogP contribution in [0.1, 0.15) is 11.1 Å². The summed E-state index contributed by atoms with van der Waals surface area (Å²) in [5, 5.41) is 9.42. The van der Waals surface area contributed by atoms with Crippen LogP contribution >= 0.6 is 0 Å². The van der Waals surface area contributed by atoms with Crippen molar-refractivity contribution in [3.05, 3.63) is 77.2 Å². The van der Waals surface area contributed by atoms with E-state index < -0.39 is 11.6 Å². The molecule has 4 rings (SSSR count). The molecule has 24 heavy (non-hydrogen) atoms. The van der Waals surface area contributed by atoms with Gasteiger partial charge in [0.2, 0.25) is 18.4 Å². The fourth-order valence-electron chi connectivity index (χ4n) is 2.84. The predicted molar refractivity (Wildman–Crippen MR) is 85.4 cm³/mol. The molecule has 0 unspecified atom stereocenters. The molecule has 0 radical (unpaired) electrons. The molecule has 1 saturated heterocycles. The summed E-state index contributed by atoms with van der Waals surface area (Å²) in [5.41, 5.74) is 1.48. The molecule has 0 saturated carbocycles. The molecule has 1 fully saturated rings. The molecule has 0 atom stereocenters. The summed E-state index contributed by atoms with van der Waals surface area (Å²) in [4.78, 5) is 25.4. The van der Waals surface area contributed by atoms with Gasteiger partial charge in [0.05, 0.1) is 11.1 Å². The molecule has 1 aliphatic heterocycles. The van der Waals surface area contributed by atoms with Crippen LogP contribution in [0.3, 0.4) is 0 Å². The summed E-state index contributed by atoms with van der Waals surface area (Å²) in [6.45, 7) is -0.0524. The van der Waals surface area contributed by atoms with E-state index in [4.69, 9.17) is 9.47 Å². The monoisotopic (exact) mass is 320 g/mol. The quantitative estimate of drug-likeness (QED) is 0.680. The number of carbonyl (C=O) groups is 2. The van der Waals surface area contributed by atoms with E-state index in [-0.39, 0.29) is 35.2 Å². The van der Waals surface area contributed by atoms with E-state index in [1.54, 1.807) is 36.4 Å². The topological polar surface area (TPSA) is 72.8 Å². The largest absolute Gasteiger partial charge is 0.508 e. The Morgan fingerprint density at radius 2 is 1.21 bits per heavy atom. The Kier molecular flexibility index (Phi) is 3.20. The molecule has 1 heterocycles. The van der Waals surface area contributed by atoms with Gasteiger partial charge in [-0.2, -0.15) is 0 Å². The van der Waals surface area contributed by atoms with Gasteiger partial charge >= 0.3 is 0 Å². The molecular weight excluding hydrogens is 308 g/mol. The Labute approximate surface area is 137 Å². The number of fused-ring (bicyclic) bond motifs is 1. The van der Waals surface area contributed by atoms with E-state index in [9.17, 15) is 14.7 Å². The van der Waals surface area contributed by atoms with E-state index in [2.05, 4.69) is 0 Å². The number of allylic oxidation sites excluding steroid dienone is 2. The number of Topliss-reactive ketones (excluding diaryl/α,β-unsaturated/α-hetero) is 2. The Morgan fingerprint density at radius 1 is 0.708 bits per heavy atom. The molecule has 0 bridgehead atoms. The van der Waals surface area contributed by atoms with Crippen LogP contribution in [0, 0.1) is 0 Å². The highest BCUT2D eigenvalue weighted by molar-refractivity contribution is 6.66. The van der Waals surface area contributed by atoms with E-state index in [1.165, 1.54) is 12.1 Å². The number of rotatable bonds is 2. The van der Waals surface area contributed by atoms with Crippen LogP contribution < -0.4 is 0 Å². The third-order valence-electron chi connectivity index (χ3n) is 3.95. The van der Waals surface area contributed by atoms with Gasteiger partial charge in [-0.1, -0.05) is 42.5 Å².